The normalized spacial score (nSPS) is 15.6. The average molecular weight is 779 g/mol. The Morgan fingerprint density at radius 2 is 1.15 bits per heavy atom. The number of fused-ring (bicyclic) bond motifs is 9. The third-order valence-corrected chi connectivity index (χ3v) is 13.1. The standard InChI is InChI=1S/C59H42N2/c1-39-14-10-16-42-33-37-51-49(25-13-26-55(51)59(39)42)52-20-4-7-27-56(52)60(44-17-11-18-45(38-44)61-57-28-8-5-21-53(57)54-22-6-9-29-58(54)61)43-34-30-41(31-35-43)47-23-12-24-48-46-19-3-2-15-40(46)32-36-50(47)48/h2-39,59H,1H3. The Kier molecular flexibility index (Phi) is 8.24. The lowest BCUT2D eigenvalue weighted by molar-refractivity contribution is 0.613. The highest BCUT2D eigenvalue weighted by atomic mass is 15.1. The lowest BCUT2D eigenvalue weighted by atomic mass is 9.72. The fraction of sp³-hybridized carbons (Fsp3) is 0.0508. The molecule has 2 heteroatoms. The molecule has 0 spiro atoms. The van der Waals surface area contributed by atoms with E-state index in [-0.39, 0.29) is 0 Å². The molecule has 0 fully saturated rings. The molecule has 0 amide bonds. The van der Waals surface area contributed by atoms with Crippen LogP contribution in [-0.2, 0) is 0 Å². The summed E-state index contributed by atoms with van der Waals surface area (Å²) < 4.78 is 2.41. The number of aromatic nitrogens is 1. The molecule has 0 saturated carbocycles. The summed E-state index contributed by atoms with van der Waals surface area (Å²) in [4.78, 5) is 2.45. The molecule has 2 nitrogen and oxygen atoms in total. The SMILES string of the molecule is CC1C=CC=C2C=Cc3c(-c4ccccc4N(c4ccc(-c5cccc6c5ccc5ccccc56)cc4)c4cccc(-n5c6ccccc6c6ccccc65)c4)cccc3C21. The Morgan fingerprint density at radius 1 is 0.475 bits per heavy atom. The molecule has 9 aromatic carbocycles. The zero-order chi connectivity index (χ0) is 40.4. The number of hydrogen-bond acceptors (Lipinski definition) is 1. The van der Waals surface area contributed by atoms with Gasteiger partial charge in [0.05, 0.1) is 16.7 Å². The van der Waals surface area contributed by atoms with E-state index in [1.807, 2.05) is 0 Å². The summed E-state index contributed by atoms with van der Waals surface area (Å²) in [5.74, 6) is 0.768. The molecule has 1 aromatic heterocycles. The van der Waals surface area contributed by atoms with E-state index in [9.17, 15) is 0 Å². The fourth-order valence-electron chi connectivity index (χ4n) is 10.3. The van der Waals surface area contributed by atoms with Crippen molar-refractivity contribution in [2.45, 2.75) is 12.8 Å². The molecular formula is C59H42N2. The first-order chi connectivity index (χ1) is 30.2. The summed E-state index contributed by atoms with van der Waals surface area (Å²) in [6.45, 7) is 2.34. The fourth-order valence-corrected chi connectivity index (χ4v) is 10.3. The van der Waals surface area contributed by atoms with Crippen molar-refractivity contribution in [2.24, 2.45) is 5.92 Å². The highest BCUT2D eigenvalue weighted by molar-refractivity contribution is 6.12. The first kappa shape index (κ1) is 35.3. The molecule has 0 radical (unpaired) electrons. The third kappa shape index (κ3) is 5.71. The molecule has 10 aromatic rings. The van der Waals surface area contributed by atoms with Gasteiger partial charge in [0.15, 0.2) is 0 Å². The number of benzene rings is 9. The Bertz CT molecular complexity index is 3400. The van der Waals surface area contributed by atoms with Gasteiger partial charge in [-0.15, -0.1) is 0 Å². The van der Waals surface area contributed by atoms with Gasteiger partial charge in [-0.05, 0) is 109 Å². The third-order valence-electron chi connectivity index (χ3n) is 13.1. The van der Waals surface area contributed by atoms with Crippen molar-refractivity contribution in [3.63, 3.8) is 0 Å². The summed E-state index contributed by atoms with van der Waals surface area (Å²) >= 11 is 0. The maximum atomic E-state index is 2.45. The van der Waals surface area contributed by atoms with E-state index in [1.54, 1.807) is 0 Å². The Labute approximate surface area is 356 Å². The second-order valence-corrected chi connectivity index (χ2v) is 16.5. The molecule has 0 aliphatic heterocycles. The van der Waals surface area contributed by atoms with Crippen molar-refractivity contribution in [1.29, 1.82) is 0 Å². The molecule has 61 heavy (non-hydrogen) atoms. The summed E-state index contributed by atoms with van der Waals surface area (Å²) in [5.41, 5.74) is 15.8. The zero-order valence-electron chi connectivity index (χ0n) is 33.9. The van der Waals surface area contributed by atoms with Crippen molar-refractivity contribution in [2.75, 3.05) is 4.90 Å². The van der Waals surface area contributed by atoms with Gasteiger partial charge < -0.3 is 9.47 Å². The maximum absolute atomic E-state index is 2.45. The number of hydrogen-bond donors (Lipinski definition) is 0. The van der Waals surface area contributed by atoms with Gasteiger partial charge in [-0.3, -0.25) is 0 Å². The second kappa shape index (κ2) is 14.3. The second-order valence-electron chi connectivity index (χ2n) is 16.5. The van der Waals surface area contributed by atoms with E-state index in [0.717, 1.165) is 22.7 Å². The molecule has 0 saturated heterocycles. The van der Waals surface area contributed by atoms with Gasteiger partial charge >= 0.3 is 0 Å². The van der Waals surface area contributed by atoms with Gasteiger partial charge in [0.25, 0.3) is 0 Å². The molecule has 2 unspecified atom stereocenters. The lowest BCUT2D eigenvalue weighted by Crippen LogP contribution is -2.16. The number of anilines is 3. The Morgan fingerprint density at radius 3 is 1.98 bits per heavy atom. The first-order valence-electron chi connectivity index (χ1n) is 21.4. The first-order valence-corrected chi connectivity index (χ1v) is 21.4. The topological polar surface area (TPSA) is 8.17 Å². The number of para-hydroxylation sites is 3. The van der Waals surface area contributed by atoms with Crippen LogP contribution in [0.1, 0.15) is 24.0 Å². The van der Waals surface area contributed by atoms with Crippen LogP contribution in [0.3, 0.4) is 0 Å². The Balaban J connectivity index is 1.05. The largest absolute Gasteiger partial charge is 0.310 e. The molecule has 12 rings (SSSR count). The number of allylic oxidation sites excluding steroid dienone is 5. The van der Waals surface area contributed by atoms with E-state index < -0.39 is 0 Å². The highest BCUT2D eigenvalue weighted by Gasteiger charge is 2.29. The molecule has 2 aliphatic rings. The van der Waals surface area contributed by atoms with E-state index in [2.05, 4.69) is 241 Å². The minimum Gasteiger partial charge on any atom is -0.310 e. The van der Waals surface area contributed by atoms with Gasteiger partial charge in [-0.2, -0.15) is 0 Å². The van der Waals surface area contributed by atoms with E-state index >= 15 is 0 Å². The monoisotopic (exact) mass is 778 g/mol. The summed E-state index contributed by atoms with van der Waals surface area (Å²) in [7, 11) is 0. The van der Waals surface area contributed by atoms with Gasteiger partial charge in [0.2, 0.25) is 0 Å². The van der Waals surface area contributed by atoms with Gasteiger partial charge in [0.1, 0.15) is 0 Å². The smallest absolute Gasteiger partial charge is 0.0541 e. The quantitative estimate of drug-likeness (QED) is 0.153. The van der Waals surface area contributed by atoms with Crippen molar-refractivity contribution in [3.05, 3.63) is 235 Å². The summed E-state index contributed by atoms with van der Waals surface area (Å²) in [6, 6.07) is 71.5. The maximum Gasteiger partial charge on any atom is 0.0541 e. The highest BCUT2D eigenvalue weighted by Crippen LogP contribution is 2.48. The van der Waals surface area contributed by atoms with Crippen LogP contribution in [0, 0.1) is 5.92 Å². The van der Waals surface area contributed by atoms with Crippen molar-refractivity contribution >= 4 is 66.5 Å². The van der Waals surface area contributed by atoms with Crippen molar-refractivity contribution in [3.8, 4) is 27.9 Å². The average Bonchev–Trinajstić information content (AvgIpc) is 3.66. The molecule has 2 aliphatic carbocycles. The lowest BCUT2D eigenvalue weighted by Gasteiger charge is -2.32. The van der Waals surface area contributed by atoms with Crippen LogP contribution in [-0.4, -0.2) is 4.57 Å². The Hall–Kier alpha value is -7.68. The van der Waals surface area contributed by atoms with Crippen molar-refractivity contribution < 1.29 is 0 Å². The molecule has 1 heterocycles. The van der Waals surface area contributed by atoms with Crippen LogP contribution < -0.4 is 4.90 Å². The van der Waals surface area contributed by atoms with Crippen LogP contribution in [0.5, 0.6) is 0 Å². The predicted octanol–water partition coefficient (Wildman–Crippen LogP) is 16.1. The van der Waals surface area contributed by atoms with Crippen LogP contribution in [0.15, 0.2) is 224 Å². The predicted molar refractivity (Wildman–Crippen MR) is 260 cm³/mol. The molecule has 0 bridgehead atoms. The number of rotatable bonds is 6. The zero-order valence-corrected chi connectivity index (χ0v) is 33.9. The molecular weight excluding hydrogens is 737 g/mol. The van der Waals surface area contributed by atoms with Crippen LogP contribution >= 0.6 is 0 Å². The summed E-state index contributed by atoms with van der Waals surface area (Å²) in [5, 5.41) is 7.59. The number of nitrogens with zero attached hydrogens (tertiary/aromatic N) is 2. The summed E-state index contributed by atoms with van der Waals surface area (Å²) in [6.07, 6.45) is 11.5. The minimum absolute atomic E-state index is 0.343. The molecule has 2 atom stereocenters. The van der Waals surface area contributed by atoms with Crippen LogP contribution in [0.25, 0.3) is 77.4 Å². The van der Waals surface area contributed by atoms with E-state index in [0.29, 0.717) is 11.8 Å². The minimum atomic E-state index is 0.343. The van der Waals surface area contributed by atoms with Crippen molar-refractivity contribution in [1.82, 2.24) is 4.57 Å². The van der Waals surface area contributed by atoms with Crippen LogP contribution in [0.4, 0.5) is 17.1 Å². The van der Waals surface area contributed by atoms with E-state index in [4.69, 9.17) is 0 Å². The van der Waals surface area contributed by atoms with Gasteiger partial charge in [-0.1, -0.05) is 183 Å². The van der Waals surface area contributed by atoms with Crippen LogP contribution in [0.2, 0.25) is 0 Å². The molecule has 288 valence electrons. The van der Waals surface area contributed by atoms with Gasteiger partial charge in [-0.25, -0.2) is 0 Å². The molecule has 0 N–H and O–H groups in total. The van der Waals surface area contributed by atoms with E-state index in [1.165, 1.54) is 82.3 Å². The van der Waals surface area contributed by atoms with Gasteiger partial charge in [0, 0.05) is 39.3 Å².